The van der Waals surface area contributed by atoms with Crippen LogP contribution in [0, 0.1) is 11.2 Å². The number of halogens is 3. The third-order valence-electron chi connectivity index (χ3n) is 7.44. The highest BCUT2D eigenvalue weighted by atomic mass is 32.2. The summed E-state index contributed by atoms with van der Waals surface area (Å²) in [6.07, 6.45) is -1.04. The van der Waals surface area contributed by atoms with Crippen molar-refractivity contribution in [3.63, 3.8) is 0 Å². The van der Waals surface area contributed by atoms with Gasteiger partial charge in [-0.05, 0) is 59.6 Å². The fourth-order valence-corrected chi connectivity index (χ4v) is 7.11. The number of nitrogens with zero attached hydrogens (tertiary/aromatic N) is 4. The number of benzene rings is 1. The number of hydrogen-bond donors (Lipinski definition) is 2. The largest absolute Gasteiger partial charge is 0.481 e. The molecule has 0 saturated carbocycles. The summed E-state index contributed by atoms with van der Waals surface area (Å²) < 4.78 is 77.8. The maximum absolute atomic E-state index is 15.7. The van der Waals surface area contributed by atoms with Crippen LogP contribution in [0.5, 0.6) is 0 Å². The zero-order valence-electron chi connectivity index (χ0n) is 23.9. The van der Waals surface area contributed by atoms with E-state index in [4.69, 9.17) is 4.52 Å². The Morgan fingerprint density at radius 2 is 2.02 bits per heavy atom. The molecular formula is C27H34F3N5O5S2. The molecule has 0 unspecified atom stereocenters. The summed E-state index contributed by atoms with van der Waals surface area (Å²) >= 11 is 0.952. The third-order valence-corrected chi connectivity index (χ3v) is 10.2. The molecule has 2 N–H and O–H groups in total. The maximum atomic E-state index is 15.7. The lowest BCUT2D eigenvalue weighted by Gasteiger charge is -2.21. The van der Waals surface area contributed by atoms with E-state index in [9.17, 15) is 27.1 Å². The summed E-state index contributed by atoms with van der Waals surface area (Å²) in [4.78, 5) is 21.9. The van der Waals surface area contributed by atoms with Crippen molar-refractivity contribution in [3.8, 4) is 21.3 Å². The Hall–Kier alpha value is -2.88. The molecule has 1 aliphatic heterocycles. The van der Waals surface area contributed by atoms with E-state index in [1.165, 1.54) is 19.9 Å². The van der Waals surface area contributed by atoms with Gasteiger partial charge in [0.15, 0.2) is 10.8 Å². The molecule has 15 heteroatoms. The number of carboxylic acid groups (broad SMARTS) is 1. The molecule has 2 atom stereocenters. The zero-order chi connectivity index (χ0) is 31.0. The minimum atomic E-state index is -4.40. The van der Waals surface area contributed by atoms with Crippen molar-refractivity contribution in [3.05, 3.63) is 35.1 Å². The van der Waals surface area contributed by atoms with Gasteiger partial charge < -0.3 is 9.63 Å². The van der Waals surface area contributed by atoms with Crippen LogP contribution in [0.25, 0.3) is 21.3 Å². The predicted octanol–water partition coefficient (Wildman–Crippen LogP) is 5.65. The number of aromatic nitrogens is 3. The highest BCUT2D eigenvalue weighted by molar-refractivity contribution is 7.89. The third kappa shape index (κ3) is 6.68. The average molecular weight is 630 g/mol. The number of alkyl halides is 2. The van der Waals surface area contributed by atoms with Gasteiger partial charge in [-0.1, -0.05) is 18.1 Å². The average Bonchev–Trinajstić information content (AvgIpc) is 3.63. The van der Waals surface area contributed by atoms with Gasteiger partial charge in [-0.3, -0.25) is 9.69 Å². The summed E-state index contributed by atoms with van der Waals surface area (Å²) in [5, 5.41) is 13.6. The molecule has 10 nitrogen and oxygen atoms in total. The highest BCUT2D eigenvalue weighted by Gasteiger charge is 2.33. The predicted molar refractivity (Wildman–Crippen MR) is 150 cm³/mol. The molecule has 2 aromatic heterocycles. The first-order chi connectivity index (χ1) is 19.6. The second kappa shape index (κ2) is 12.4. The van der Waals surface area contributed by atoms with Gasteiger partial charge in [0.05, 0.1) is 21.5 Å². The Morgan fingerprint density at radius 3 is 2.62 bits per heavy atom. The molecule has 1 fully saturated rings. The normalized spacial score (nSPS) is 17.3. The minimum absolute atomic E-state index is 0.0363. The van der Waals surface area contributed by atoms with Crippen molar-refractivity contribution in [2.75, 3.05) is 6.54 Å². The molecule has 1 aliphatic rings. The lowest BCUT2D eigenvalue weighted by Crippen LogP contribution is -2.32. The number of thiazole rings is 1. The Morgan fingerprint density at radius 1 is 1.31 bits per heavy atom. The van der Waals surface area contributed by atoms with Crippen LogP contribution in [0.4, 0.5) is 13.2 Å². The standard InChI is InChI=1S/C27H34F3N5O5S2/c1-6-14(2)34-42(38,39)18-10-9-16(20(21(18)28)23(29)30)22-17(13-35-11-7-8-15(35)3)31-25(41-22)24-32-19(40-33-24)12-27(4,5)26(36)37/h9-10,14-15,23,34H,6-8,11-13H2,1-5H3,(H,36,37)/t14-,15+/m1/s1. The molecule has 42 heavy (non-hydrogen) atoms. The van der Waals surface area contributed by atoms with Crippen LogP contribution in [0.3, 0.4) is 0 Å². The SMILES string of the molecule is CC[C@@H](C)NS(=O)(=O)c1ccc(-c2sc(-c3noc(CC(C)(C)C(=O)O)n3)nc2CN2CCC[C@@H]2C)c(C(F)F)c1F. The number of aliphatic carboxylic acids is 1. The highest BCUT2D eigenvalue weighted by Crippen LogP contribution is 2.42. The molecule has 0 radical (unpaired) electrons. The van der Waals surface area contributed by atoms with Gasteiger partial charge in [0, 0.05) is 30.6 Å². The molecule has 4 rings (SSSR count). The van der Waals surface area contributed by atoms with Gasteiger partial charge in [-0.25, -0.2) is 31.3 Å². The lowest BCUT2D eigenvalue weighted by atomic mass is 9.90. The lowest BCUT2D eigenvalue weighted by molar-refractivity contribution is -0.147. The van der Waals surface area contributed by atoms with Crippen LogP contribution < -0.4 is 4.72 Å². The van der Waals surface area contributed by atoms with Crippen molar-refractivity contribution in [1.29, 1.82) is 0 Å². The second-order valence-corrected chi connectivity index (χ2v) is 13.9. The van der Waals surface area contributed by atoms with Crippen LogP contribution in [-0.2, 0) is 27.8 Å². The van der Waals surface area contributed by atoms with Crippen molar-refractivity contribution in [2.45, 2.75) is 90.3 Å². The fraction of sp³-hybridized carbons (Fsp3) is 0.556. The number of hydrogen-bond acceptors (Lipinski definition) is 9. The van der Waals surface area contributed by atoms with E-state index in [1.54, 1.807) is 13.8 Å². The molecule has 3 aromatic rings. The fourth-order valence-electron chi connectivity index (χ4n) is 4.66. The van der Waals surface area contributed by atoms with E-state index in [1.807, 2.05) is 6.92 Å². The molecule has 230 valence electrons. The first-order valence-corrected chi connectivity index (χ1v) is 15.9. The summed E-state index contributed by atoms with van der Waals surface area (Å²) in [7, 11) is -4.40. The Bertz CT molecular complexity index is 1560. The van der Waals surface area contributed by atoms with Crippen molar-refractivity contribution >= 4 is 27.3 Å². The zero-order valence-corrected chi connectivity index (χ0v) is 25.6. The molecule has 1 aromatic carbocycles. The summed E-state index contributed by atoms with van der Waals surface area (Å²) in [6.45, 7) is 9.44. The quantitative estimate of drug-likeness (QED) is 0.260. The van der Waals surface area contributed by atoms with Crippen molar-refractivity contribution in [1.82, 2.24) is 24.7 Å². The monoisotopic (exact) mass is 629 g/mol. The van der Waals surface area contributed by atoms with Gasteiger partial charge in [0.1, 0.15) is 4.90 Å². The van der Waals surface area contributed by atoms with Gasteiger partial charge in [-0.2, -0.15) is 4.98 Å². The first-order valence-electron chi connectivity index (χ1n) is 13.6. The molecule has 0 amide bonds. The Kier molecular flexibility index (Phi) is 9.45. The van der Waals surface area contributed by atoms with Gasteiger partial charge in [0.25, 0.3) is 6.43 Å². The van der Waals surface area contributed by atoms with Crippen LogP contribution in [0.1, 0.15) is 77.5 Å². The molecule has 0 aliphatic carbocycles. The van der Waals surface area contributed by atoms with Crippen molar-refractivity contribution in [2.24, 2.45) is 5.41 Å². The number of carbonyl (C=O) groups is 1. The summed E-state index contributed by atoms with van der Waals surface area (Å²) in [5.41, 5.74) is -2.00. The van der Waals surface area contributed by atoms with Crippen LogP contribution >= 0.6 is 11.3 Å². The van der Waals surface area contributed by atoms with Gasteiger partial charge in [-0.15, -0.1) is 11.3 Å². The molecule has 0 spiro atoms. The van der Waals surface area contributed by atoms with Crippen LogP contribution in [0.2, 0.25) is 0 Å². The van der Waals surface area contributed by atoms with Crippen molar-refractivity contribution < 1.29 is 36.0 Å². The first kappa shape index (κ1) is 32.0. The summed E-state index contributed by atoms with van der Waals surface area (Å²) in [6, 6.07) is 1.86. The van der Waals surface area contributed by atoms with E-state index in [-0.39, 0.29) is 46.2 Å². The molecule has 0 bridgehead atoms. The molecule has 3 heterocycles. The Balaban J connectivity index is 1.82. The van der Waals surface area contributed by atoms with Crippen LogP contribution in [0.15, 0.2) is 21.6 Å². The molecule has 1 saturated heterocycles. The second-order valence-electron chi connectivity index (χ2n) is 11.2. The van der Waals surface area contributed by atoms with E-state index < -0.39 is 50.2 Å². The number of likely N-dealkylation sites (tertiary alicyclic amines) is 1. The number of carboxylic acids is 1. The van der Waals surface area contributed by atoms with Gasteiger partial charge >= 0.3 is 5.97 Å². The smallest absolute Gasteiger partial charge is 0.309 e. The summed E-state index contributed by atoms with van der Waals surface area (Å²) in [5.74, 6) is -2.47. The van der Waals surface area contributed by atoms with Gasteiger partial charge in [0.2, 0.25) is 21.7 Å². The topological polar surface area (TPSA) is 139 Å². The minimum Gasteiger partial charge on any atom is -0.481 e. The number of rotatable bonds is 12. The Labute approximate surface area is 246 Å². The van der Waals surface area contributed by atoms with E-state index in [2.05, 4.69) is 24.7 Å². The maximum Gasteiger partial charge on any atom is 0.309 e. The molecular weight excluding hydrogens is 595 g/mol. The van der Waals surface area contributed by atoms with E-state index in [0.29, 0.717) is 12.1 Å². The van der Waals surface area contributed by atoms with Crippen LogP contribution in [-0.4, -0.2) is 58.1 Å². The van der Waals surface area contributed by atoms with E-state index >= 15 is 4.39 Å². The van der Waals surface area contributed by atoms with E-state index in [0.717, 1.165) is 36.8 Å². The number of nitrogens with one attached hydrogen (secondary N) is 1. The number of sulfonamides is 1.